The van der Waals surface area contributed by atoms with Crippen LogP contribution < -0.4 is 5.32 Å². The lowest BCUT2D eigenvalue weighted by Crippen LogP contribution is -2.46. The highest BCUT2D eigenvalue weighted by Gasteiger charge is 2.32. The molecule has 1 aromatic rings. The van der Waals surface area contributed by atoms with Crippen molar-refractivity contribution in [3.63, 3.8) is 0 Å². The maximum atomic E-state index is 9.16. The van der Waals surface area contributed by atoms with Crippen molar-refractivity contribution < 1.29 is 0 Å². The molecule has 0 aliphatic heterocycles. The minimum Gasteiger partial charge on any atom is -0.295 e. The normalized spacial score (nSPS) is 19.5. The Bertz CT molecular complexity index is 390. The van der Waals surface area contributed by atoms with Gasteiger partial charge in [0.15, 0.2) is 0 Å². The van der Waals surface area contributed by atoms with Crippen LogP contribution in [0.3, 0.4) is 0 Å². The number of nitrogens with one attached hydrogen (secondary N) is 1. The van der Waals surface area contributed by atoms with Crippen LogP contribution in [0.4, 0.5) is 0 Å². The Kier molecular flexibility index (Phi) is 2.81. The lowest BCUT2D eigenvalue weighted by atomic mass is 10.1. The van der Waals surface area contributed by atoms with Crippen LogP contribution in [-0.2, 0) is 6.54 Å². The smallest absolute Gasteiger partial charge is 0.123 e. The maximum absolute atomic E-state index is 9.16. The van der Waals surface area contributed by atoms with Gasteiger partial charge in [-0.1, -0.05) is 0 Å². The number of hydrogen-bond acceptors (Lipinski definition) is 3. The molecule has 0 amide bonds. The Balaban J connectivity index is 2.03. The van der Waals surface area contributed by atoms with E-state index in [9.17, 15) is 0 Å². The molecule has 0 bridgehead atoms. The summed E-state index contributed by atoms with van der Waals surface area (Å²) in [5, 5.41) is 16.7. The van der Waals surface area contributed by atoms with Crippen LogP contribution >= 0.6 is 15.9 Å². The molecule has 1 aliphatic rings. The van der Waals surface area contributed by atoms with Crippen LogP contribution in [0, 0.1) is 11.3 Å². The van der Waals surface area contributed by atoms with Crippen LogP contribution in [0.15, 0.2) is 16.9 Å². The molecule has 80 valence electrons. The van der Waals surface area contributed by atoms with Crippen molar-refractivity contribution >= 4 is 15.9 Å². The number of rotatable bonds is 4. The monoisotopic (exact) mass is 268 g/mol. The molecule has 15 heavy (non-hydrogen) atoms. The zero-order valence-electron chi connectivity index (χ0n) is 8.57. The van der Waals surface area contributed by atoms with Gasteiger partial charge in [-0.15, -0.1) is 0 Å². The summed E-state index contributed by atoms with van der Waals surface area (Å²) < 4.78 is 2.72. The van der Waals surface area contributed by atoms with Crippen molar-refractivity contribution in [3.05, 3.63) is 16.9 Å². The predicted molar refractivity (Wildman–Crippen MR) is 60.1 cm³/mol. The summed E-state index contributed by atoms with van der Waals surface area (Å²) in [5.74, 6) is 0. The maximum Gasteiger partial charge on any atom is 0.123 e. The van der Waals surface area contributed by atoms with E-state index in [4.69, 9.17) is 5.26 Å². The highest BCUT2D eigenvalue weighted by atomic mass is 79.9. The molecule has 4 nitrogen and oxygen atoms in total. The van der Waals surface area contributed by atoms with Crippen LogP contribution in [0.5, 0.6) is 0 Å². The van der Waals surface area contributed by atoms with E-state index in [1.807, 2.05) is 13.1 Å². The molecule has 1 unspecified atom stereocenters. The van der Waals surface area contributed by atoms with Gasteiger partial charge >= 0.3 is 0 Å². The first kappa shape index (κ1) is 10.7. The van der Waals surface area contributed by atoms with Crippen molar-refractivity contribution in [2.24, 2.45) is 0 Å². The second-order valence-electron chi connectivity index (χ2n) is 4.22. The number of nitriles is 1. The summed E-state index contributed by atoms with van der Waals surface area (Å²) in [6, 6.07) is 2.84. The van der Waals surface area contributed by atoms with E-state index >= 15 is 0 Å². The first-order valence-electron chi connectivity index (χ1n) is 4.98. The van der Waals surface area contributed by atoms with Crippen LogP contribution in [-0.4, -0.2) is 21.4 Å². The summed E-state index contributed by atoms with van der Waals surface area (Å²) in [6.45, 7) is 2.49. The Morgan fingerprint density at radius 2 is 2.53 bits per heavy atom. The topological polar surface area (TPSA) is 53.6 Å². The van der Waals surface area contributed by atoms with E-state index in [1.165, 1.54) is 12.8 Å². The van der Waals surface area contributed by atoms with E-state index in [0.717, 1.165) is 4.47 Å². The van der Waals surface area contributed by atoms with Gasteiger partial charge in [0, 0.05) is 12.2 Å². The van der Waals surface area contributed by atoms with Crippen molar-refractivity contribution in [1.82, 2.24) is 15.1 Å². The SMILES string of the molecule is CC(C#N)(Cn1cc(Br)cn1)NC1CC1. The summed E-state index contributed by atoms with van der Waals surface area (Å²) in [6.07, 6.45) is 5.97. The van der Waals surface area contributed by atoms with E-state index < -0.39 is 5.54 Å². The van der Waals surface area contributed by atoms with E-state index in [0.29, 0.717) is 12.6 Å². The van der Waals surface area contributed by atoms with Crippen molar-refractivity contribution in [2.45, 2.75) is 37.9 Å². The van der Waals surface area contributed by atoms with Gasteiger partial charge in [-0.05, 0) is 35.7 Å². The molecule has 0 radical (unpaired) electrons. The average molecular weight is 269 g/mol. The lowest BCUT2D eigenvalue weighted by molar-refractivity contribution is 0.367. The molecule has 1 saturated carbocycles. The fourth-order valence-electron chi connectivity index (χ4n) is 1.54. The third-order valence-corrected chi connectivity index (χ3v) is 2.84. The largest absolute Gasteiger partial charge is 0.295 e. The van der Waals surface area contributed by atoms with Crippen molar-refractivity contribution in [2.75, 3.05) is 0 Å². The Morgan fingerprint density at radius 1 is 1.80 bits per heavy atom. The fraction of sp³-hybridized carbons (Fsp3) is 0.600. The van der Waals surface area contributed by atoms with E-state index in [1.54, 1.807) is 10.9 Å². The Labute approximate surface area is 97.4 Å². The molecular formula is C10H13BrN4. The molecule has 0 spiro atoms. The van der Waals surface area contributed by atoms with Crippen LogP contribution in [0.1, 0.15) is 19.8 Å². The molecule has 2 rings (SSSR count). The molecule has 1 N–H and O–H groups in total. The second kappa shape index (κ2) is 3.95. The van der Waals surface area contributed by atoms with Gasteiger partial charge in [0.05, 0.1) is 23.3 Å². The van der Waals surface area contributed by atoms with Gasteiger partial charge in [0.1, 0.15) is 5.54 Å². The van der Waals surface area contributed by atoms with Crippen LogP contribution in [0.2, 0.25) is 0 Å². The number of nitrogens with zero attached hydrogens (tertiary/aromatic N) is 3. The minimum atomic E-state index is -0.521. The fourth-order valence-corrected chi connectivity index (χ4v) is 1.87. The molecule has 0 aromatic carbocycles. The highest BCUT2D eigenvalue weighted by Crippen LogP contribution is 2.23. The first-order chi connectivity index (χ1) is 7.11. The van der Waals surface area contributed by atoms with Gasteiger partial charge in [0.25, 0.3) is 0 Å². The van der Waals surface area contributed by atoms with Gasteiger partial charge in [-0.3, -0.25) is 10.00 Å². The van der Waals surface area contributed by atoms with E-state index in [2.05, 4.69) is 32.4 Å². The quantitative estimate of drug-likeness (QED) is 0.904. The number of halogens is 1. The third-order valence-electron chi connectivity index (χ3n) is 2.43. The van der Waals surface area contributed by atoms with Crippen LogP contribution in [0.25, 0.3) is 0 Å². The molecule has 1 heterocycles. The third kappa shape index (κ3) is 2.80. The van der Waals surface area contributed by atoms with Crippen molar-refractivity contribution in [1.29, 1.82) is 5.26 Å². The zero-order chi connectivity index (χ0) is 10.9. The summed E-state index contributed by atoms with van der Waals surface area (Å²) >= 11 is 3.34. The van der Waals surface area contributed by atoms with Gasteiger partial charge < -0.3 is 0 Å². The molecule has 0 saturated heterocycles. The van der Waals surface area contributed by atoms with Gasteiger partial charge in [0.2, 0.25) is 0 Å². The number of hydrogen-bond donors (Lipinski definition) is 1. The van der Waals surface area contributed by atoms with Gasteiger partial charge in [-0.25, -0.2) is 0 Å². The summed E-state index contributed by atoms with van der Waals surface area (Å²) in [5.41, 5.74) is -0.521. The summed E-state index contributed by atoms with van der Waals surface area (Å²) in [4.78, 5) is 0. The molecule has 1 aliphatic carbocycles. The molecule has 5 heteroatoms. The average Bonchev–Trinajstić information content (AvgIpc) is 2.90. The molecule has 1 atom stereocenters. The molecule has 1 aromatic heterocycles. The highest BCUT2D eigenvalue weighted by molar-refractivity contribution is 9.10. The number of aromatic nitrogens is 2. The lowest BCUT2D eigenvalue weighted by Gasteiger charge is -2.22. The Hall–Kier alpha value is -0.860. The molecule has 1 fully saturated rings. The van der Waals surface area contributed by atoms with Gasteiger partial charge in [-0.2, -0.15) is 10.4 Å². The zero-order valence-corrected chi connectivity index (χ0v) is 10.2. The Morgan fingerprint density at radius 3 is 3.00 bits per heavy atom. The second-order valence-corrected chi connectivity index (χ2v) is 5.13. The predicted octanol–water partition coefficient (Wildman–Crippen LogP) is 1.68. The van der Waals surface area contributed by atoms with E-state index in [-0.39, 0.29) is 0 Å². The van der Waals surface area contributed by atoms with Crippen molar-refractivity contribution in [3.8, 4) is 6.07 Å². The minimum absolute atomic E-state index is 0.521. The molecular weight excluding hydrogens is 256 g/mol. The summed E-state index contributed by atoms with van der Waals surface area (Å²) in [7, 11) is 0. The standard InChI is InChI=1S/C10H13BrN4/c1-10(6-12,14-9-2-3-9)7-15-5-8(11)4-13-15/h4-5,9,14H,2-3,7H2,1H3. The first-order valence-corrected chi connectivity index (χ1v) is 5.77.